The second-order valence-electron chi connectivity index (χ2n) is 8.99. The molecule has 1 aromatic carbocycles. The molecule has 3 aromatic heterocycles. The molecular formula is C26H29ClN4O2. The highest BCUT2D eigenvalue weighted by atomic mass is 35.5. The number of ether oxygens (including phenoxy) is 2. The third-order valence-electron chi connectivity index (χ3n) is 6.89. The lowest BCUT2D eigenvalue weighted by atomic mass is 9.91. The Bertz CT molecular complexity index is 1240. The van der Waals surface area contributed by atoms with Crippen LogP contribution in [0.25, 0.3) is 32.9 Å². The Morgan fingerprint density at radius 2 is 1.70 bits per heavy atom. The van der Waals surface area contributed by atoms with Crippen LogP contribution in [0.3, 0.4) is 0 Å². The van der Waals surface area contributed by atoms with E-state index in [2.05, 4.69) is 57.2 Å². The quantitative estimate of drug-likeness (QED) is 0.455. The van der Waals surface area contributed by atoms with E-state index in [0.29, 0.717) is 18.1 Å². The number of pyridine rings is 2. The molecule has 1 aliphatic heterocycles. The molecule has 1 saturated heterocycles. The van der Waals surface area contributed by atoms with Gasteiger partial charge >= 0.3 is 0 Å². The van der Waals surface area contributed by atoms with Crippen molar-refractivity contribution in [3.05, 3.63) is 55.0 Å². The zero-order valence-corrected chi connectivity index (χ0v) is 19.6. The van der Waals surface area contributed by atoms with Gasteiger partial charge < -0.3 is 19.4 Å². The van der Waals surface area contributed by atoms with Crippen molar-refractivity contribution in [1.82, 2.24) is 19.9 Å². The molecule has 6 rings (SSSR count). The number of aromatic nitrogens is 3. The molecule has 0 atom stereocenters. The van der Waals surface area contributed by atoms with Gasteiger partial charge in [-0.1, -0.05) is 12.1 Å². The van der Waals surface area contributed by atoms with E-state index >= 15 is 0 Å². The highest BCUT2D eigenvalue weighted by Crippen LogP contribution is 2.33. The first-order valence-electron chi connectivity index (χ1n) is 11.6. The molecule has 2 fully saturated rings. The van der Waals surface area contributed by atoms with Crippen molar-refractivity contribution >= 4 is 34.2 Å². The Labute approximate surface area is 199 Å². The average molecular weight is 465 g/mol. The molecule has 1 saturated carbocycles. The Morgan fingerprint density at radius 3 is 2.48 bits per heavy atom. The van der Waals surface area contributed by atoms with Gasteiger partial charge in [0.15, 0.2) is 0 Å². The summed E-state index contributed by atoms with van der Waals surface area (Å²) in [6, 6.07) is 12.7. The van der Waals surface area contributed by atoms with Crippen molar-refractivity contribution in [3.63, 3.8) is 0 Å². The Balaban J connectivity index is 0.00000228. The molecule has 4 aromatic rings. The van der Waals surface area contributed by atoms with Crippen LogP contribution in [0.15, 0.2) is 55.0 Å². The minimum Gasteiger partial charge on any atom is -0.474 e. The first kappa shape index (κ1) is 22.1. The molecule has 0 amide bonds. The van der Waals surface area contributed by atoms with Gasteiger partial charge in [0, 0.05) is 66.4 Å². The number of nitrogens with one attached hydrogen (secondary N) is 1. The van der Waals surface area contributed by atoms with Gasteiger partial charge in [-0.25, -0.2) is 4.98 Å². The molecule has 0 bridgehead atoms. The molecule has 2 aliphatic rings. The number of nitrogens with zero attached hydrogens (tertiary/aromatic N) is 3. The van der Waals surface area contributed by atoms with Crippen LogP contribution in [0.5, 0.6) is 5.88 Å². The largest absolute Gasteiger partial charge is 0.474 e. The molecule has 0 spiro atoms. The number of benzene rings is 1. The SMILES string of the molecule is Cl.Cn1c2ccncc2c2ccc(-c3ccc(O[C@H]4C[C@H](OC5CCNCC5)C4)nc3)cc21. The number of fused-ring (bicyclic) bond motifs is 3. The van der Waals surface area contributed by atoms with Gasteiger partial charge in [0.05, 0.1) is 17.7 Å². The Morgan fingerprint density at radius 1 is 0.879 bits per heavy atom. The highest BCUT2D eigenvalue weighted by molar-refractivity contribution is 6.08. The molecule has 4 heterocycles. The van der Waals surface area contributed by atoms with Gasteiger partial charge in [-0.15, -0.1) is 12.4 Å². The van der Waals surface area contributed by atoms with Crippen LogP contribution in [0.1, 0.15) is 25.7 Å². The van der Waals surface area contributed by atoms with Crippen LogP contribution in [-0.4, -0.2) is 45.9 Å². The van der Waals surface area contributed by atoms with Gasteiger partial charge in [-0.2, -0.15) is 0 Å². The maximum Gasteiger partial charge on any atom is 0.213 e. The number of piperidine rings is 1. The fraction of sp³-hybridized carbons (Fsp3) is 0.385. The predicted octanol–water partition coefficient (Wildman–Crippen LogP) is 4.89. The summed E-state index contributed by atoms with van der Waals surface area (Å²) in [6.07, 6.45) is 10.8. The topological polar surface area (TPSA) is 61.2 Å². The molecule has 172 valence electrons. The monoisotopic (exact) mass is 464 g/mol. The van der Waals surface area contributed by atoms with Crippen molar-refractivity contribution < 1.29 is 9.47 Å². The van der Waals surface area contributed by atoms with Crippen LogP contribution in [0.2, 0.25) is 0 Å². The first-order valence-corrected chi connectivity index (χ1v) is 11.6. The maximum absolute atomic E-state index is 6.19. The summed E-state index contributed by atoms with van der Waals surface area (Å²) in [5.74, 6) is 0.691. The number of aryl methyl sites for hydroxylation is 1. The summed E-state index contributed by atoms with van der Waals surface area (Å²) < 4.78 is 14.5. The van der Waals surface area contributed by atoms with Crippen LogP contribution in [0.4, 0.5) is 0 Å². The third-order valence-corrected chi connectivity index (χ3v) is 6.89. The second-order valence-corrected chi connectivity index (χ2v) is 8.99. The van der Waals surface area contributed by atoms with E-state index in [1.54, 1.807) is 0 Å². The van der Waals surface area contributed by atoms with Crippen molar-refractivity contribution in [1.29, 1.82) is 0 Å². The van der Waals surface area contributed by atoms with Crippen molar-refractivity contribution in [2.75, 3.05) is 13.1 Å². The first-order chi connectivity index (χ1) is 15.7. The van der Waals surface area contributed by atoms with Gasteiger partial charge in [0.2, 0.25) is 5.88 Å². The second kappa shape index (κ2) is 9.29. The van der Waals surface area contributed by atoms with E-state index in [4.69, 9.17) is 9.47 Å². The Hall–Kier alpha value is -2.67. The van der Waals surface area contributed by atoms with Crippen molar-refractivity contribution in [2.45, 2.75) is 44.0 Å². The van der Waals surface area contributed by atoms with Crippen molar-refractivity contribution in [3.8, 4) is 17.0 Å². The summed E-state index contributed by atoms with van der Waals surface area (Å²) in [4.78, 5) is 8.86. The molecule has 0 unspecified atom stereocenters. The van der Waals surface area contributed by atoms with E-state index in [9.17, 15) is 0 Å². The standard InChI is InChI=1S/C26H28N4O2.ClH/c1-30-24-8-11-28-16-23(24)22-4-2-17(12-25(22)30)18-3-5-26(29-15-18)32-21-13-20(14-21)31-19-6-9-27-10-7-19;/h2-5,8,11-12,15-16,19-21,27H,6-7,9-10,13-14H2,1H3;1H/t20-,21-;. The number of hydrogen-bond donors (Lipinski definition) is 1. The predicted molar refractivity (Wildman–Crippen MR) is 133 cm³/mol. The van der Waals surface area contributed by atoms with Gasteiger partial charge in [-0.3, -0.25) is 4.98 Å². The van der Waals surface area contributed by atoms with E-state index in [1.165, 1.54) is 21.8 Å². The highest BCUT2D eigenvalue weighted by Gasteiger charge is 2.34. The number of hydrogen-bond acceptors (Lipinski definition) is 5. The summed E-state index contributed by atoms with van der Waals surface area (Å²) in [5, 5.41) is 5.79. The lowest BCUT2D eigenvalue weighted by Gasteiger charge is -2.38. The van der Waals surface area contributed by atoms with Crippen molar-refractivity contribution in [2.24, 2.45) is 7.05 Å². The van der Waals surface area contributed by atoms with E-state index < -0.39 is 0 Å². The fourth-order valence-electron chi connectivity index (χ4n) is 4.95. The molecule has 1 N–H and O–H groups in total. The summed E-state index contributed by atoms with van der Waals surface area (Å²) in [5.41, 5.74) is 4.62. The zero-order chi connectivity index (χ0) is 21.5. The van der Waals surface area contributed by atoms with Crippen LogP contribution < -0.4 is 10.1 Å². The van der Waals surface area contributed by atoms with E-state index in [0.717, 1.165) is 49.9 Å². The van der Waals surface area contributed by atoms with E-state index in [-0.39, 0.29) is 18.5 Å². The molecular weight excluding hydrogens is 436 g/mol. The molecule has 7 heteroatoms. The third kappa shape index (κ3) is 4.31. The van der Waals surface area contributed by atoms with Crippen LogP contribution >= 0.6 is 12.4 Å². The smallest absolute Gasteiger partial charge is 0.213 e. The summed E-state index contributed by atoms with van der Waals surface area (Å²) in [7, 11) is 2.10. The molecule has 6 nitrogen and oxygen atoms in total. The number of rotatable bonds is 5. The maximum atomic E-state index is 6.19. The lowest BCUT2D eigenvalue weighted by molar-refractivity contribution is -0.103. The molecule has 1 aliphatic carbocycles. The fourth-order valence-corrected chi connectivity index (χ4v) is 4.95. The Kier molecular flexibility index (Phi) is 6.23. The van der Waals surface area contributed by atoms with Gasteiger partial charge in [0.1, 0.15) is 6.10 Å². The normalized spacial score (nSPS) is 21.0. The van der Waals surface area contributed by atoms with E-state index in [1.807, 2.05) is 24.7 Å². The molecule has 0 radical (unpaired) electrons. The van der Waals surface area contributed by atoms with Crippen LogP contribution in [0, 0.1) is 0 Å². The zero-order valence-electron chi connectivity index (χ0n) is 18.7. The lowest BCUT2D eigenvalue weighted by Crippen LogP contribution is -2.43. The molecule has 33 heavy (non-hydrogen) atoms. The average Bonchev–Trinajstić information content (AvgIpc) is 3.10. The summed E-state index contributed by atoms with van der Waals surface area (Å²) in [6.45, 7) is 2.14. The van der Waals surface area contributed by atoms with Gasteiger partial charge in [0.25, 0.3) is 0 Å². The van der Waals surface area contributed by atoms with Crippen LogP contribution in [-0.2, 0) is 11.8 Å². The van der Waals surface area contributed by atoms with Gasteiger partial charge in [-0.05, 0) is 49.7 Å². The summed E-state index contributed by atoms with van der Waals surface area (Å²) >= 11 is 0. The minimum atomic E-state index is 0. The number of halogens is 1. The minimum absolute atomic E-state index is 0.